The van der Waals surface area contributed by atoms with Gasteiger partial charge in [0.2, 0.25) is 0 Å². The van der Waals surface area contributed by atoms with Crippen LogP contribution >= 0.6 is 27.5 Å². The van der Waals surface area contributed by atoms with E-state index in [-0.39, 0.29) is 6.42 Å². The first-order valence-electron chi connectivity index (χ1n) is 5.18. The average Bonchev–Trinajstić information content (AvgIpc) is 2.66. The van der Waals surface area contributed by atoms with Crippen LogP contribution in [0.5, 0.6) is 0 Å². The van der Waals surface area contributed by atoms with Gasteiger partial charge in [0.15, 0.2) is 0 Å². The highest BCUT2D eigenvalue weighted by atomic mass is 79.9. The zero-order valence-corrected chi connectivity index (χ0v) is 12.2. The summed E-state index contributed by atoms with van der Waals surface area (Å²) in [5.74, 6) is -1.70. The Bertz CT molecular complexity index is 619. The van der Waals surface area contributed by atoms with Crippen molar-refractivity contribution >= 4 is 50.4 Å². The summed E-state index contributed by atoms with van der Waals surface area (Å²) in [6.45, 7) is 1.08. The van der Waals surface area contributed by atoms with E-state index >= 15 is 0 Å². The lowest BCUT2D eigenvalue weighted by Gasteiger charge is -2.00. The van der Waals surface area contributed by atoms with Crippen molar-refractivity contribution in [1.82, 2.24) is 4.98 Å². The Morgan fingerprint density at radius 3 is 2.47 bits per heavy atom. The number of carboxylic acids is 2. The first-order valence-corrected chi connectivity index (χ1v) is 6.35. The lowest BCUT2D eigenvalue weighted by molar-refractivity contribution is -0.136. The van der Waals surface area contributed by atoms with Gasteiger partial charge in [-0.25, -0.2) is 0 Å². The van der Waals surface area contributed by atoms with E-state index in [1.54, 1.807) is 6.20 Å². The van der Waals surface area contributed by atoms with Crippen LogP contribution in [0.4, 0.5) is 0 Å². The van der Waals surface area contributed by atoms with Crippen molar-refractivity contribution in [3.05, 3.63) is 33.4 Å². The van der Waals surface area contributed by atoms with Crippen molar-refractivity contribution in [2.75, 3.05) is 0 Å². The molecule has 0 saturated carbocycles. The van der Waals surface area contributed by atoms with Crippen LogP contribution in [0.2, 0.25) is 5.02 Å². The summed E-state index contributed by atoms with van der Waals surface area (Å²) >= 11 is 9.40. The van der Waals surface area contributed by atoms with E-state index < -0.39 is 11.9 Å². The Morgan fingerprint density at radius 2 is 1.95 bits per heavy atom. The second-order valence-corrected chi connectivity index (χ2v) is 4.92. The van der Waals surface area contributed by atoms with Gasteiger partial charge in [0.1, 0.15) is 0 Å². The normalized spacial score (nSPS) is 9.84. The molecule has 0 atom stereocenters. The molecule has 19 heavy (non-hydrogen) atoms. The van der Waals surface area contributed by atoms with Crippen LogP contribution in [0.3, 0.4) is 0 Å². The number of H-pyrrole nitrogens is 1. The molecule has 0 aliphatic rings. The molecular weight excluding hydrogens is 337 g/mol. The van der Waals surface area contributed by atoms with Crippen molar-refractivity contribution in [2.24, 2.45) is 0 Å². The standard InChI is InChI=1S/C10H7BrClNO2.C2H4O2/c11-6-1-2-7-9(10(6)12)5(4-13-7)3-8(14)15;1-2(3)4/h1-2,4,13H,3H2,(H,14,15);1H3,(H,3,4). The fraction of sp³-hybridized carbons (Fsp3) is 0.167. The molecule has 5 nitrogen and oxygen atoms in total. The van der Waals surface area contributed by atoms with Gasteiger partial charge in [0.25, 0.3) is 5.97 Å². The second kappa shape index (κ2) is 6.58. The molecule has 2 aromatic rings. The van der Waals surface area contributed by atoms with Crippen molar-refractivity contribution in [2.45, 2.75) is 13.3 Å². The van der Waals surface area contributed by atoms with E-state index in [0.717, 1.165) is 22.3 Å². The lowest BCUT2D eigenvalue weighted by atomic mass is 10.1. The largest absolute Gasteiger partial charge is 0.481 e. The molecule has 0 aliphatic heterocycles. The fourth-order valence-corrected chi connectivity index (χ4v) is 2.14. The Morgan fingerprint density at radius 1 is 1.37 bits per heavy atom. The maximum absolute atomic E-state index is 10.6. The molecule has 0 spiro atoms. The van der Waals surface area contributed by atoms with Gasteiger partial charge >= 0.3 is 5.97 Å². The third-order valence-electron chi connectivity index (χ3n) is 2.16. The van der Waals surface area contributed by atoms with Gasteiger partial charge in [-0.1, -0.05) is 11.6 Å². The third kappa shape index (κ3) is 4.25. The lowest BCUT2D eigenvalue weighted by Crippen LogP contribution is -1.98. The number of hydrogen-bond donors (Lipinski definition) is 3. The van der Waals surface area contributed by atoms with Gasteiger partial charge in [-0.15, -0.1) is 0 Å². The molecule has 0 amide bonds. The number of benzene rings is 1. The maximum Gasteiger partial charge on any atom is 0.307 e. The van der Waals surface area contributed by atoms with Crippen LogP contribution in [0, 0.1) is 0 Å². The molecule has 0 fully saturated rings. The van der Waals surface area contributed by atoms with E-state index in [1.165, 1.54) is 0 Å². The topological polar surface area (TPSA) is 90.4 Å². The smallest absolute Gasteiger partial charge is 0.307 e. The second-order valence-electron chi connectivity index (χ2n) is 3.69. The molecule has 1 aromatic heterocycles. The van der Waals surface area contributed by atoms with Gasteiger partial charge in [-0.05, 0) is 33.6 Å². The van der Waals surface area contributed by atoms with Gasteiger partial charge in [0, 0.05) is 28.5 Å². The summed E-state index contributed by atoms with van der Waals surface area (Å²) in [5, 5.41) is 17.5. The molecule has 3 N–H and O–H groups in total. The van der Waals surface area contributed by atoms with Crippen molar-refractivity contribution in [3.8, 4) is 0 Å². The molecule has 2 rings (SSSR count). The number of aromatic nitrogens is 1. The molecular formula is C12H11BrClNO4. The van der Waals surface area contributed by atoms with Crippen molar-refractivity contribution < 1.29 is 19.8 Å². The Hall–Kier alpha value is -1.53. The number of nitrogens with one attached hydrogen (secondary N) is 1. The minimum atomic E-state index is -0.869. The Labute approximate surface area is 122 Å². The monoisotopic (exact) mass is 347 g/mol. The number of hydrogen-bond acceptors (Lipinski definition) is 2. The van der Waals surface area contributed by atoms with E-state index in [1.807, 2.05) is 12.1 Å². The molecule has 0 bridgehead atoms. The Kier molecular flexibility index (Phi) is 5.38. The van der Waals surface area contributed by atoms with Gasteiger partial charge < -0.3 is 15.2 Å². The molecule has 1 aromatic carbocycles. The summed E-state index contributed by atoms with van der Waals surface area (Å²) in [6, 6.07) is 3.68. The number of halogens is 2. The molecule has 7 heteroatoms. The number of fused-ring (bicyclic) bond motifs is 1. The summed E-state index contributed by atoms with van der Waals surface area (Å²) in [7, 11) is 0. The van der Waals surface area contributed by atoms with Crippen LogP contribution in [0.1, 0.15) is 12.5 Å². The number of aromatic amines is 1. The molecule has 102 valence electrons. The van der Waals surface area contributed by atoms with Gasteiger partial charge in [0.05, 0.1) is 11.4 Å². The zero-order chi connectivity index (χ0) is 14.6. The number of carbonyl (C=O) groups is 2. The summed E-state index contributed by atoms with van der Waals surface area (Å²) in [5.41, 5.74) is 1.54. The fourth-order valence-electron chi connectivity index (χ4n) is 1.52. The van der Waals surface area contributed by atoms with E-state index in [2.05, 4.69) is 20.9 Å². The van der Waals surface area contributed by atoms with Crippen molar-refractivity contribution in [1.29, 1.82) is 0 Å². The number of aliphatic carboxylic acids is 2. The first-order chi connectivity index (χ1) is 8.82. The van der Waals surface area contributed by atoms with Crippen LogP contribution in [0.15, 0.2) is 22.8 Å². The van der Waals surface area contributed by atoms with E-state index in [0.29, 0.717) is 10.6 Å². The zero-order valence-electron chi connectivity index (χ0n) is 9.91. The minimum absolute atomic E-state index is 0.0316. The summed E-state index contributed by atoms with van der Waals surface area (Å²) < 4.78 is 0.767. The highest BCUT2D eigenvalue weighted by molar-refractivity contribution is 9.10. The SMILES string of the molecule is CC(=O)O.O=C(O)Cc1c[nH]c2ccc(Br)c(Cl)c12. The van der Waals surface area contributed by atoms with Crippen LogP contribution in [-0.2, 0) is 16.0 Å². The first kappa shape index (κ1) is 15.5. The third-order valence-corrected chi connectivity index (χ3v) is 3.44. The predicted octanol–water partition coefficient (Wildman–Crippen LogP) is 3.30. The predicted molar refractivity (Wildman–Crippen MR) is 75.7 cm³/mol. The molecule has 1 heterocycles. The quantitative estimate of drug-likeness (QED) is 0.776. The molecule has 0 aliphatic carbocycles. The Balaban J connectivity index is 0.000000399. The summed E-state index contributed by atoms with van der Waals surface area (Å²) in [4.78, 5) is 22.6. The highest BCUT2D eigenvalue weighted by Gasteiger charge is 2.12. The minimum Gasteiger partial charge on any atom is -0.481 e. The van der Waals surface area contributed by atoms with Crippen LogP contribution in [0.25, 0.3) is 10.9 Å². The van der Waals surface area contributed by atoms with Gasteiger partial charge in [-0.2, -0.15) is 0 Å². The maximum atomic E-state index is 10.6. The number of carboxylic acid groups (broad SMARTS) is 2. The van der Waals surface area contributed by atoms with Crippen LogP contribution in [-0.4, -0.2) is 27.1 Å². The van der Waals surface area contributed by atoms with Crippen molar-refractivity contribution in [3.63, 3.8) is 0 Å². The van der Waals surface area contributed by atoms with Crippen LogP contribution < -0.4 is 0 Å². The molecule has 0 radical (unpaired) electrons. The molecule has 0 saturated heterocycles. The number of rotatable bonds is 2. The highest BCUT2D eigenvalue weighted by Crippen LogP contribution is 2.33. The van der Waals surface area contributed by atoms with Gasteiger partial charge in [-0.3, -0.25) is 9.59 Å². The average molecular weight is 349 g/mol. The summed E-state index contributed by atoms with van der Waals surface area (Å²) in [6.07, 6.45) is 1.65. The van der Waals surface area contributed by atoms with E-state index in [4.69, 9.17) is 26.6 Å². The molecule has 0 unspecified atom stereocenters. The van der Waals surface area contributed by atoms with E-state index in [9.17, 15) is 4.79 Å².